The minimum atomic E-state index is -0.420. The predicted octanol–water partition coefficient (Wildman–Crippen LogP) is 2.89. The van der Waals surface area contributed by atoms with Gasteiger partial charge >= 0.3 is 5.97 Å². The number of hydrogen-bond donors (Lipinski definition) is 2. The van der Waals surface area contributed by atoms with Crippen LogP contribution in [0.25, 0.3) is 0 Å². The zero-order valence-corrected chi connectivity index (χ0v) is 11.5. The molecule has 2 aromatic rings. The van der Waals surface area contributed by atoms with Crippen molar-refractivity contribution in [2.75, 3.05) is 17.7 Å². The van der Waals surface area contributed by atoms with E-state index in [9.17, 15) is 4.79 Å². The van der Waals surface area contributed by atoms with Crippen molar-refractivity contribution in [3.8, 4) is 0 Å². The van der Waals surface area contributed by atoms with Crippen LogP contribution in [-0.2, 0) is 4.74 Å². The maximum Gasteiger partial charge on any atom is 0.340 e. The first-order valence-corrected chi connectivity index (χ1v) is 6.36. The molecule has 1 aromatic carbocycles. The van der Waals surface area contributed by atoms with Gasteiger partial charge in [0.25, 0.3) is 0 Å². The Morgan fingerprint density at radius 2 is 2.20 bits per heavy atom. The smallest absolute Gasteiger partial charge is 0.340 e. The highest BCUT2D eigenvalue weighted by Crippen LogP contribution is 2.23. The van der Waals surface area contributed by atoms with Crippen LogP contribution in [0.15, 0.2) is 36.7 Å². The Morgan fingerprint density at radius 1 is 1.40 bits per heavy atom. The maximum absolute atomic E-state index is 11.8. The second-order valence-corrected chi connectivity index (χ2v) is 4.34. The molecule has 5 nitrogen and oxygen atoms in total. The summed E-state index contributed by atoms with van der Waals surface area (Å²) in [6, 6.07) is 7.08. The molecule has 0 bridgehead atoms. The number of aryl methyl sites for hydroxylation is 1. The van der Waals surface area contributed by atoms with Gasteiger partial charge < -0.3 is 15.8 Å². The molecule has 5 heteroatoms. The number of pyridine rings is 1. The fraction of sp³-hybridized carbons (Fsp3) is 0.200. The lowest BCUT2D eigenvalue weighted by atomic mass is 10.1. The van der Waals surface area contributed by atoms with E-state index in [1.165, 1.54) is 0 Å². The summed E-state index contributed by atoms with van der Waals surface area (Å²) < 4.78 is 4.98. The van der Waals surface area contributed by atoms with Crippen molar-refractivity contribution >= 4 is 23.0 Å². The van der Waals surface area contributed by atoms with Gasteiger partial charge in [0, 0.05) is 17.6 Å². The van der Waals surface area contributed by atoms with Gasteiger partial charge in [-0.15, -0.1) is 0 Å². The number of carbonyl (C=O) groups is 1. The average Bonchev–Trinajstić information content (AvgIpc) is 2.43. The van der Waals surface area contributed by atoms with Gasteiger partial charge in [0.05, 0.1) is 24.1 Å². The summed E-state index contributed by atoms with van der Waals surface area (Å²) in [5.74, 6) is -0.420. The van der Waals surface area contributed by atoms with Crippen molar-refractivity contribution in [1.29, 1.82) is 0 Å². The number of nitrogens with one attached hydrogen (secondary N) is 1. The highest BCUT2D eigenvalue weighted by molar-refractivity contribution is 5.96. The first-order chi connectivity index (χ1) is 9.61. The lowest BCUT2D eigenvalue weighted by Gasteiger charge is -2.11. The molecule has 0 saturated carbocycles. The molecule has 20 heavy (non-hydrogen) atoms. The van der Waals surface area contributed by atoms with Crippen molar-refractivity contribution in [3.63, 3.8) is 0 Å². The Balaban J connectivity index is 2.28. The van der Waals surface area contributed by atoms with Crippen molar-refractivity contribution < 1.29 is 9.53 Å². The molecule has 0 unspecified atom stereocenters. The fourth-order valence-electron chi connectivity index (χ4n) is 1.77. The molecule has 2 rings (SSSR count). The monoisotopic (exact) mass is 271 g/mol. The summed E-state index contributed by atoms with van der Waals surface area (Å²) in [5, 5.41) is 3.21. The SMILES string of the molecule is CCOC(=O)c1cc(Nc2cnccc2C)ccc1N. The van der Waals surface area contributed by atoms with Crippen LogP contribution >= 0.6 is 0 Å². The number of hydrogen-bond acceptors (Lipinski definition) is 5. The van der Waals surface area contributed by atoms with E-state index >= 15 is 0 Å². The van der Waals surface area contributed by atoms with Crippen LogP contribution in [0, 0.1) is 6.92 Å². The highest BCUT2D eigenvalue weighted by atomic mass is 16.5. The van der Waals surface area contributed by atoms with E-state index in [0.29, 0.717) is 17.9 Å². The Labute approximate surface area is 117 Å². The van der Waals surface area contributed by atoms with Gasteiger partial charge in [-0.25, -0.2) is 4.79 Å². The second kappa shape index (κ2) is 6.06. The summed E-state index contributed by atoms with van der Waals surface area (Å²) in [5.41, 5.74) is 9.27. The van der Waals surface area contributed by atoms with Crippen molar-refractivity contribution in [2.45, 2.75) is 13.8 Å². The highest BCUT2D eigenvalue weighted by Gasteiger charge is 2.11. The van der Waals surface area contributed by atoms with Gasteiger partial charge in [-0.1, -0.05) is 0 Å². The number of nitrogen functional groups attached to an aromatic ring is 1. The molecule has 104 valence electrons. The number of esters is 1. The Bertz CT molecular complexity index is 626. The number of nitrogens with two attached hydrogens (primary N) is 1. The van der Waals surface area contributed by atoms with Crippen LogP contribution in [0.4, 0.5) is 17.1 Å². The van der Waals surface area contributed by atoms with E-state index in [1.54, 1.807) is 31.5 Å². The molecule has 1 aromatic heterocycles. The molecule has 0 fully saturated rings. The van der Waals surface area contributed by atoms with Gasteiger partial charge in [0.15, 0.2) is 0 Å². The number of carbonyl (C=O) groups excluding carboxylic acids is 1. The molecule has 0 amide bonds. The Hall–Kier alpha value is -2.56. The van der Waals surface area contributed by atoms with E-state index < -0.39 is 5.97 Å². The third-order valence-electron chi connectivity index (χ3n) is 2.87. The molecule has 0 atom stereocenters. The average molecular weight is 271 g/mol. The van der Waals surface area contributed by atoms with Crippen LogP contribution in [0.3, 0.4) is 0 Å². The molecule has 0 aliphatic rings. The zero-order chi connectivity index (χ0) is 14.5. The van der Waals surface area contributed by atoms with Gasteiger partial charge in [-0.05, 0) is 43.7 Å². The van der Waals surface area contributed by atoms with Crippen LogP contribution in [0.5, 0.6) is 0 Å². The van der Waals surface area contributed by atoms with Gasteiger partial charge in [-0.3, -0.25) is 4.98 Å². The molecular formula is C15H17N3O2. The number of anilines is 3. The quantitative estimate of drug-likeness (QED) is 0.660. The normalized spacial score (nSPS) is 10.1. The predicted molar refractivity (Wildman–Crippen MR) is 79.1 cm³/mol. The van der Waals surface area contributed by atoms with Crippen LogP contribution in [0.2, 0.25) is 0 Å². The van der Waals surface area contributed by atoms with Gasteiger partial charge in [-0.2, -0.15) is 0 Å². The number of aromatic nitrogens is 1. The van der Waals surface area contributed by atoms with E-state index in [-0.39, 0.29) is 0 Å². The fourth-order valence-corrected chi connectivity index (χ4v) is 1.77. The molecular weight excluding hydrogens is 254 g/mol. The van der Waals surface area contributed by atoms with Gasteiger partial charge in [0.1, 0.15) is 0 Å². The topological polar surface area (TPSA) is 77.2 Å². The molecule has 3 N–H and O–H groups in total. The van der Waals surface area contributed by atoms with Crippen molar-refractivity contribution in [3.05, 3.63) is 47.8 Å². The molecule has 0 radical (unpaired) electrons. The zero-order valence-electron chi connectivity index (χ0n) is 11.5. The van der Waals surface area contributed by atoms with Crippen LogP contribution < -0.4 is 11.1 Å². The summed E-state index contributed by atoms with van der Waals surface area (Å²) in [7, 11) is 0. The number of ether oxygens (including phenoxy) is 1. The first kappa shape index (κ1) is 13.9. The third kappa shape index (κ3) is 3.06. The Kier molecular flexibility index (Phi) is 4.20. The minimum Gasteiger partial charge on any atom is -0.462 e. The van der Waals surface area contributed by atoms with Crippen LogP contribution in [-0.4, -0.2) is 17.6 Å². The summed E-state index contributed by atoms with van der Waals surface area (Å²) in [6.07, 6.45) is 3.46. The number of nitrogens with zero attached hydrogens (tertiary/aromatic N) is 1. The van der Waals surface area contributed by atoms with E-state index in [1.807, 2.05) is 19.1 Å². The summed E-state index contributed by atoms with van der Waals surface area (Å²) >= 11 is 0. The third-order valence-corrected chi connectivity index (χ3v) is 2.87. The maximum atomic E-state index is 11.8. The lowest BCUT2D eigenvalue weighted by molar-refractivity contribution is 0.0527. The second-order valence-electron chi connectivity index (χ2n) is 4.34. The standard InChI is InChI=1S/C15H17N3O2/c1-3-20-15(19)12-8-11(4-5-13(12)16)18-14-9-17-7-6-10(14)2/h4-9,18H,3,16H2,1-2H3. The first-order valence-electron chi connectivity index (χ1n) is 6.36. The van der Waals surface area contributed by atoms with E-state index in [4.69, 9.17) is 10.5 Å². The van der Waals surface area contributed by atoms with Gasteiger partial charge in [0.2, 0.25) is 0 Å². The molecule has 0 spiro atoms. The molecule has 0 saturated heterocycles. The summed E-state index contributed by atoms with van der Waals surface area (Å²) in [4.78, 5) is 15.9. The molecule has 0 aliphatic carbocycles. The molecule has 0 aliphatic heterocycles. The van der Waals surface area contributed by atoms with E-state index in [0.717, 1.165) is 16.9 Å². The largest absolute Gasteiger partial charge is 0.462 e. The summed E-state index contributed by atoms with van der Waals surface area (Å²) in [6.45, 7) is 4.06. The van der Waals surface area contributed by atoms with Crippen molar-refractivity contribution in [1.82, 2.24) is 4.98 Å². The van der Waals surface area contributed by atoms with Crippen LogP contribution in [0.1, 0.15) is 22.8 Å². The number of benzene rings is 1. The number of rotatable bonds is 4. The Morgan fingerprint density at radius 3 is 2.90 bits per heavy atom. The minimum absolute atomic E-state index is 0.317. The lowest BCUT2D eigenvalue weighted by Crippen LogP contribution is -2.08. The van der Waals surface area contributed by atoms with E-state index in [2.05, 4.69) is 10.3 Å². The molecule has 1 heterocycles. The van der Waals surface area contributed by atoms with Crippen molar-refractivity contribution in [2.24, 2.45) is 0 Å².